The van der Waals surface area contributed by atoms with Crippen molar-refractivity contribution in [2.45, 2.75) is 96.6 Å². The minimum absolute atomic E-state index is 0.122. The second-order valence-electron chi connectivity index (χ2n) is 14.8. The van der Waals surface area contributed by atoms with Crippen molar-refractivity contribution in [3.05, 3.63) is 41.6 Å². The second kappa shape index (κ2) is 13.4. The van der Waals surface area contributed by atoms with Crippen LogP contribution in [0.15, 0.2) is 30.5 Å². The molecule has 2 aromatic rings. The zero-order chi connectivity index (χ0) is 31.6. The van der Waals surface area contributed by atoms with Crippen molar-refractivity contribution in [2.24, 2.45) is 29.6 Å². The van der Waals surface area contributed by atoms with Gasteiger partial charge < -0.3 is 25.4 Å². The summed E-state index contributed by atoms with van der Waals surface area (Å²) >= 11 is 0. The van der Waals surface area contributed by atoms with E-state index in [2.05, 4.69) is 21.0 Å². The molecule has 0 atom stereocenters. The molecule has 244 valence electrons. The summed E-state index contributed by atoms with van der Waals surface area (Å²) in [6.45, 7) is 6.41. The summed E-state index contributed by atoms with van der Waals surface area (Å²) in [5.74, 6) is 3.30. The van der Waals surface area contributed by atoms with E-state index in [-0.39, 0.29) is 30.9 Å². The first-order chi connectivity index (χ1) is 21.6. The molecule has 3 N–H and O–H groups in total. The Labute approximate surface area is 266 Å². The molecule has 45 heavy (non-hydrogen) atoms. The van der Waals surface area contributed by atoms with Gasteiger partial charge in [-0.15, -0.1) is 0 Å². The van der Waals surface area contributed by atoms with Gasteiger partial charge in [0.25, 0.3) is 11.8 Å². The Bertz CT molecular complexity index is 1350. The molecule has 1 aromatic heterocycles. The molecule has 3 amide bonds. The minimum atomic E-state index is -0.588. The molecular weight excluding hydrogens is 570 g/mol. The fourth-order valence-electron chi connectivity index (χ4n) is 8.29. The summed E-state index contributed by atoms with van der Waals surface area (Å²) < 4.78 is 13.3. The summed E-state index contributed by atoms with van der Waals surface area (Å²) in [6.07, 6.45) is 13.3. The van der Waals surface area contributed by atoms with Crippen LogP contribution in [0.2, 0.25) is 0 Å². The number of carbonyl (C=O) groups excluding carboxylic acids is 3. The van der Waals surface area contributed by atoms with E-state index in [1.807, 2.05) is 6.07 Å². The number of hydrogen-bond acceptors (Lipinski definition) is 6. The Kier molecular flexibility index (Phi) is 9.38. The van der Waals surface area contributed by atoms with Gasteiger partial charge in [-0.1, -0.05) is 25.3 Å². The maximum atomic E-state index is 13.9. The monoisotopic (exact) mass is 619 g/mol. The number of nitrogens with zero attached hydrogens (tertiary/aromatic N) is 2. The molecule has 7 rings (SSSR count). The van der Waals surface area contributed by atoms with Gasteiger partial charge in [-0.05, 0) is 114 Å². The molecule has 5 aliphatic rings. The molecular formula is C35H49N5O5. The number of aromatic nitrogens is 2. The van der Waals surface area contributed by atoms with Crippen molar-refractivity contribution in [3.8, 4) is 11.6 Å². The fourth-order valence-corrected chi connectivity index (χ4v) is 8.29. The van der Waals surface area contributed by atoms with E-state index >= 15 is 0 Å². The van der Waals surface area contributed by atoms with Crippen molar-refractivity contribution in [2.75, 3.05) is 19.7 Å². The van der Waals surface area contributed by atoms with Gasteiger partial charge in [-0.3, -0.25) is 9.59 Å². The van der Waals surface area contributed by atoms with E-state index in [1.165, 1.54) is 51.4 Å². The molecule has 5 aliphatic carbocycles. The Hall–Kier alpha value is -3.56. The molecule has 10 heteroatoms. The van der Waals surface area contributed by atoms with Crippen LogP contribution in [0, 0.1) is 29.6 Å². The van der Waals surface area contributed by atoms with Gasteiger partial charge in [-0.2, -0.15) is 5.10 Å². The van der Waals surface area contributed by atoms with Gasteiger partial charge in [0.05, 0.1) is 18.5 Å². The van der Waals surface area contributed by atoms with E-state index in [0.717, 1.165) is 24.7 Å². The number of amides is 3. The highest BCUT2D eigenvalue weighted by molar-refractivity contribution is 5.97. The summed E-state index contributed by atoms with van der Waals surface area (Å²) in [7, 11) is 0. The van der Waals surface area contributed by atoms with Crippen molar-refractivity contribution in [1.29, 1.82) is 0 Å². The van der Waals surface area contributed by atoms with Gasteiger partial charge in [0.1, 0.15) is 11.2 Å². The fraction of sp³-hybridized carbons (Fsp3) is 0.657. The lowest BCUT2D eigenvalue weighted by Gasteiger charge is -2.54. The molecule has 1 aromatic carbocycles. The molecule has 0 aliphatic heterocycles. The van der Waals surface area contributed by atoms with Gasteiger partial charge in [-0.25, -0.2) is 9.48 Å². The van der Waals surface area contributed by atoms with E-state index in [4.69, 9.17) is 9.47 Å². The number of ether oxygens (including phenoxy) is 2. The summed E-state index contributed by atoms with van der Waals surface area (Å²) in [4.78, 5) is 38.7. The zero-order valence-electron chi connectivity index (χ0n) is 27.0. The first-order valence-electron chi connectivity index (χ1n) is 17.0. The van der Waals surface area contributed by atoms with Crippen LogP contribution in [0.3, 0.4) is 0 Å². The van der Waals surface area contributed by atoms with Crippen LogP contribution in [-0.4, -0.2) is 59.0 Å². The second-order valence-corrected chi connectivity index (χ2v) is 14.8. The lowest BCUT2D eigenvalue weighted by atomic mass is 9.54. The van der Waals surface area contributed by atoms with E-state index in [1.54, 1.807) is 49.8 Å². The normalized spacial score (nSPS) is 25.9. The van der Waals surface area contributed by atoms with Crippen molar-refractivity contribution in [3.63, 3.8) is 0 Å². The molecule has 4 bridgehead atoms. The average Bonchev–Trinajstić information content (AvgIpc) is 3.43. The third-order valence-corrected chi connectivity index (χ3v) is 10.1. The van der Waals surface area contributed by atoms with Crippen LogP contribution < -0.4 is 20.7 Å². The van der Waals surface area contributed by atoms with Gasteiger partial charge >= 0.3 is 6.09 Å². The molecule has 10 nitrogen and oxygen atoms in total. The smallest absolute Gasteiger partial charge is 0.407 e. The summed E-state index contributed by atoms with van der Waals surface area (Å²) in [5.41, 5.74) is 0.942. The molecule has 1 heterocycles. The highest BCUT2D eigenvalue weighted by Gasteiger charge is 2.48. The van der Waals surface area contributed by atoms with Crippen LogP contribution in [0.5, 0.6) is 5.88 Å². The number of carbonyl (C=O) groups is 3. The van der Waals surface area contributed by atoms with Gasteiger partial charge in [0, 0.05) is 24.7 Å². The maximum absolute atomic E-state index is 13.9. The number of benzene rings is 1. The SMILES string of the molecule is CC(C)(C)OC(=O)NCCNC(=O)c1cccc(-n2ncc(C(=O)NC3C4CC5CC(C4)CC3C5)c2OCC2CCCCC2)c1. The number of alkyl carbamates (subject to hydrolysis) is 1. The lowest BCUT2D eigenvalue weighted by Crippen LogP contribution is -2.55. The first-order valence-corrected chi connectivity index (χ1v) is 17.0. The van der Waals surface area contributed by atoms with Crippen molar-refractivity contribution in [1.82, 2.24) is 25.7 Å². The van der Waals surface area contributed by atoms with E-state index in [0.29, 0.717) is 47.1 Å². The predicted molar refractivity (Wildman–Crippen MR) is 171 cm³/mol. The standard InChI is InChI=1S/C35H49N5O5/c1-35(2,3)45-34(43)37-13-12-36-31(41)25-10-7-11-28(19-25)40-33(44-21-22-8-5-4-6-9-22)29(20-38-40)32(42)39-30-26-15-23-14-24(17-26)18-27(30)16-23/h7,10-11,19-20,22-24,26-27,30H,4-6,8-9,12-18,21H2,1-3H3,(H,36,41)(H,37,43)(H,39,42). The van der Waals surface area contributed by atoms with Crippen LogP contribution in [-0.2, 0) is 4.74 Å². The zero-order valence-corrected chi connectivity index (χ0v) is 27.0. The van der Waals surface area contributed by atoms with E-state index in [9.17, 15) is 14.4 Å². The third-order valence-electron chi connectivity index (χ3n) is 10.1. The van der Waals surface area contributed by atoms with Crippen LogP contribution in [0.4, 0.5) is 4.79 Å². The largest absolute Gasteiger partial charge is 0.477 e. The van der Waals surface area contributed by atoms with Crippen LogP contribution in [0.25, 0.3) is 5.69 Å². The molecule has 0 spiro atoms. The third kappa shape index (κ3) is 7.64. The van der Waals surface area contributed by atoms with Crippen molar-refractivity contribution >= 4 is 17.9 Å². The Morgan fingerprint density at radius 2 is 1.60 bits per heavy atom. The first kappa shape index (κ1) is 31.4. The Morgan fingerprint density at radius 1 is 0.911 bits per heavy atom. The van der Waals surface area contributed by atoms with Crippen molar-refractivity contribution < 1.29 is 23.9 Å². The highest BCUT2D eigenvalue weighted by Crippen LogP contribution is 2.53. The molecule has 0 saturated heterocycles. The average molecular weight is 620 g/mol. The summed E-state index contributed by atoms with van der Waals surface area (Å²) in [5, 5.41) is 13.5. The number of hydrogen-bond donors (Lipinski definition) is 3. The van der Waals surface area contributed by atoms with Gasteiger partial charge in [0.15, 0.2) is 0 Å². The Morgan fingerprint density at radius 3 is 2.29 bits per heavy atom. The van der Waals surface area contributed by atoms with Crippen LogP contribution in [0.1, 0.15) is 106 Å². The molecule has 5 fully saturated rings. The van der Waals surface area contributed by atoms with Gasteiger partial charge in [0.2, 0.25) is 5.88 Å². The minimum Gasteiger partial charge on any atom is -0.477 e. The lowest BCUT2D eigenvalue weighted by molar-refractivity contribution is -0.0120. The molecule has 5 saturated carbocycles. The van der Waals surface area contributed by atoms with Crippen LogP contribution >= 0.6 is 0 Å². The topological polar surface area (TPSA) is 124 Å². The Balaban J connectivity index is 1.15. The number of rotatable bonds is 10. The predicted octanol–water partition coefficient (Wildman–Crippen LogP) is 5.64. The number of nitrogens with one attached hydrogen (secondary N) is 3. The van der Waals surface area contributed by atoms with E-state index < -0.39 is 11.7 Å². The molecule has 0 radical (unpaired) electrons. The maximum Gasteiger partial charge on any atom is 0.407 e. The summed E-state index contributed by atoms with van der Waals surface area (Å²) in [6, 6.07) is 7.35. The molecule has 0 unspecified atom stereocenters. The highest BCUT2D eigenvalue weighted by atomic mass is 16.6. The quantitative estimate of drug-likeness (QED) is 0.296.